The first-order valence-electron chi connectivity index (χ1n) is 13.7. The molecule has 4 rings (SSSR count). The van der Waals surface area contributed by atoms with E-state index in [9.17, 15) is 35.4 Å². The molecule has 0 heterocycles. The molecule has 0 aliphatic heterocycles. The molecular formula is C35H34O8. The van der Waals surface area contributed by atoms with Gasteiger partial charge in [-0.3, -0.25) is 4.79 Å². The molecular weight excluding hydrogens is 548 g/mol. The molecule has 0 amide bonds. The largest absolute Gasteiger partial charge is 0.508 e. The Bertz CT molecular complexity index is 1590. The minimum atomic E-state index is -0.747. The lowest BCUT2D eigenvalue weighted by Crippen LogP contribution is -2.08. The smallest absolute Gasteiger partial charge is 0.193 e. The van der Waals surface area contributed by atoms with Crippen molar-refractivity contribution in [2.45, 2.75) is 31.3 Å². The number of aliphatic hydroxyl groups is 1. The van der Waals surface area contributed by atoms with Gasteiger partial charge in [-0.25, -0.2) is 0 Å². The molecule has 8 nitrogen and oxygen atoms in total. The Labute approximate surface area is 249 Å². The molecule has 0 fully saturated rings. The number of carbonyl (C=O) groups is 1. The second kappa shape index (κ2) is 14.1. The Morgan fingerprint density at radius 1 is 0.837 bits per heavy atom. The van der Waals surface area contributed by atoms with E-state index in [1.807, 2.05) is 0 Å². The van der Waals surface area contributed by atoms with E-state index in [-0.39, 0.29) is 46.3 Å². The SMILES string of the molecule is COc1cc(O)c([C@@H](C=CCC(O)CCc2ccc(O)cc2)c2ccc(O)cc2)c(O)c1C(=O)C=Cc1ccc(O)cc1. The van der Waals surface area contributed by atoms with Crippen molar-refractivity contribution in [1.29, 1.82) is 0 Å². The van der Waals surface area contributed by atoms with Gasteiger partial charge in [-0.15, -0.1) is 0 Å². The molecule has 0 aliphatic carbocycles. The molecule has 4 aromatic rings. The van der Waals surface area contributed by atoms with Crippen LogP contribution in [0.15, 0.2) is 97.1 Å². The van der Waals surface area contributed by atoms with Crippen LogP contribution in [0.2, 0.25) is 0 Å². The van der Waals surface area contributed by atoms with Crippen molar-refractivity contribution in [3.05, 3.63) is 125 Å². The van der Waals surface area contributed by atoms with Crippen LogP contribution in [0.5, 0.6) is 34.5 Å². The number of carbonyl (C=O) groups excluding carboxylic acids is 1. The zero-order chi connectivity index (χ0) is 30.9. The number of phenols is 5. The first-order chi connectivity index (χ1) is 20.7. The number of ether oxygens (including phenoxy) is 1. The second-order valence-electron chi connectivity index (χ2n) is 10.1. The van der Waals surface area contributed by atoms with Gasteiger partial charge in [-0.1, -0.05) is 54.6 Å². The molecule has 222 valence electrons. The van der Waals surface area contributed by atoms with Crippen LogP contribution in [0.1, 0.15) is 51.4 Å². The van der Waals surface area contributed by atoms with Gasteiger partial charge in [-0.05, 0) is 78.4 Å². The Morgan fingerprint density at radius 3 is 2.02 bits per heavy atom. The van der Waals surface area contributed by atoms with Crippen LogP contribution in [0.25, 0.3) is 6.08 Å². The Hall–Kier alpha value is -5.21. The highest BCUT2D eigenvalue weighted by Gasteiger charge is 2.27. The highest BCUT2D eigenvalue weighted by molar-refractivity contribution is 6.11. The number of allylic oxidation sites excluding steroid dienone is 2. The number of benzene rings is 4. The summed E-state index contributed by atoms with van der Waals surface area (Å²) in [6.45, 7) is 0. The normalized spacial score (nSPS) is 12.9. The summed E-state index contributed by atoms with van der Waals surface area (Å²) < 4.78 is 5.33. The van der Waals surface area contributed by atoms with Gasteiger partial charge in [0.15, 0.2) is 5.78 Å². The Morgan fingerprint density at radius 2 is 1.42 bits per heavy atom. The van der Waals surface area contributed by atoms with Gasteiger partial charge in [0, 0.05) is 17.5 Å². The molecule has 0 saturated carbocycles. The van der Waals surface area contributed by atoms with Crippen molar-refractivity contribution in [3.63, 3.8) is 0 Å². The van der Waals surface area contributed by atoms with Crippen LogP contribution in [-0.2, 0) is 6.42 Å². The molecule has 2 atom stereocenters. The average molecular weight is 583 g/mol. The number of aryl methyl sites for hydroxylation is 1. The molecule has 0 aromatic heterocycles. The fourth-order valence-electron chi connectivity index (χ4n) is 4.73. The van der Waals surface area contributed by atoms with Crippen molar-refractivity contribution in [2.24, 2.45) is 0 Å². The number of aromatic hydroxyl groups is 5. The van der Waals surface area contributed by atoms with Gasteiger partial charge in [0.2, 0.25) is 0 Å². The fourth-order valence-corrected chi connectivity index (χ4v) is 4.73. The number of methoxy groups -OCH3 is 1. The zero-order valence-electron chi connectivity index (χ0n) is 23.6. The molecule has 0 aliphatic rings. The number of rotatable bonds is 12. The first-order valence-corrected chi connectivity index (χ1v) is 13.7. The molecule has 0 saturated heterocycles. The van der Waals surface area contributed by atoms with Crippen molar-refractivity contribution >= 4 is 11.9 Å². The summed E-state index contributed by atoms with van der Waals surface area (Å²) in [6.07, 6.45) is 6.96. The summed E-state index contributed by atoms with van der Waals surface area (Å²) in [7, 11) is 1.32. The second-order valence-corrected chi connectivity index (χ2v) is 10.1. The molecule has 0 radical (unpaired) electrons. The van der Waals surface area contributed by atoms with Gasteiger partial charge in [0.1, 0.15) is 40.1 Å². The zero-order valence-corrected chi connectivity index (χ0v) is 23.6. The lowest BCUT2D eigenvalue weighted by Gasteiger charge is -2.20. The van der Waals surface area contributed by atoms with Gasteiger partial charge in [0.25, 0.3) is 0 Å². The maximum Gasteiger partial charge on any atom is 0.193 e. The van der Waals surface area contributed by atoms with Gasteiger partial charge >= 0.3 is 0 Å². The third-order valence-corrected chi connectivity index (χ3v) is 7.07. The van der Waals surface area contributed by atoms with E-state index in [0.717, 1.165) is 5.56 Å². The molecule has 4 aromatic carbocycles. The summed E-state index contributed by atoms with van der Waals surface area (Å²) in [5.41, 5.74) is 2.16. The minimum absolute atomic E-state index is 0.0165. The van der Waals surface area contributed by atoms with E-state index >= 15 is 0 Å². The molecule has 1 unspecified atom stereocenters. The topological polar surface area (TPSA) is 148 Å². The molecule has 43 heavy (non-hydrogen) atoms. The van der Waals surface area contributed by atoms with E-state index in [2.05, 4.69) is 0 Å². The average Bonchev–Trinajstić information content (AvgIpc) is 2.99. The molecule has 8 heteroatoms. The van der Waals surface area contributed by atoms with Crippen LogP contribution in [0, 0.1) is 0 Å². The standard InChI is InChI=1S/C35H34O8/c1-43-32-21-31(41)33(35(42)34(32)30(40)20-10-23-8-16-27(38)17-9-23)29(24-11-18-28(39)19-12-24)4-2-3-25(36)13-5-22-6-14-26(37)15-7-22/h2,4,6-12,14-21,25,29,36-39,41-42H,3,5,13H2,1H3/t25?,29-/m0/s1. The van der Waals surface area contributed by atoms with Crippen molar-refractivity contribution < 1.29 is 40.2 Å². The summed E-state index contributed by atoms with van der Waals surface area (Å²) >= 11 is 0. The van der Waals surface area contributed by atoms with Crippen molar-refractivity contribution in [3.8, 4) is 34.5 Å². The highest BCUT2D eigenvalue weighted by atomic mass is 16.5. The number of hydrogen-bond donors (Lipinski definition) is 6. The number of aliphatic hydroxyl groups excluding tert-OH is 1. The van der Waals surface area contributed by atoms with Crippen LogP contribution in [0.3, 0.4) is 0 Å². The summed E-state index contributed by atoms with van der Waals surface area (Å²) in [4.78, 5) is 13.3. The van der Waals surface area contributed by atoms with Crippen molar-refractivity contribution in [2.75, 3.05) is 7.11 Å². The minimum Gasteiger partial charge on any atom is -0.508 e. The predicted molar refractivity (Wildman–Crippen MR) is 164 cm³/mol. The van der Waals surface area contributed by atoms with Gasteiger partial charge < -0.3 is 35.4 Å². The maximum atomic E-state index is 13.3. The van der Waals surface area contributed by atoms with Crippen LogP contribution < -0.4 is 4.74 Å². The van der Waals surface area contributed by atoms with Crippen LogP contribution >= 0.6 is 0 Å². The van der Waals surface area contributed by atoms with E-state index in [1.165, 1.54) is 49.6 Å². The molecule has 0 spiro atoms. The third-order valence-electron chi connectivity index (χ3n) is 7.07. The lowest BCUT2D eigenvalue weighted by molar-refractivity contribution is 0.104. The Balaban J connectivity index is 1.64. The quantitative estimate of drug-likeness (QED) is 0.0658. The molecule has 6 N–H and O–H groups in total. The van der Waals surface area contributed by atoms with E-state index < -0.39 is 23.6 Å². The number of hydrogen-bond acceptors (Lipinski definition) is 8. The molecule has 0 bridgehead atoms. The monoisotopic (exact) mass is 582 g/mol. The van der Waals surface area contributed by atoms with E-state index in [4.69, 9.17) is 4.74 Å². The van der Waals surface area contributed by atoms with Crippen LogP contribution in [0.4, 0.5) is 0 Å². The predicted octanol–water partition coefficient (Wildman–Crippen LogP) is 6.19. The van der Waals surface area contributed by atoms with E-state index in [1.54, 1.807) is 60.7 Å². The maximum absolute atomic E-state index is 13.3. The Kier molecular flexibility index (Phi) is 10.1. The lowest BCUT2D eigenvalue weighted by atomic mass is 9.86. The van der Waals surface area contributed by atoms with Crippen LogP contribution in [-0.4, -0.2) is 49.6 Å². The summed E-state index contributed by atoms with van der Waals surface area (Å²) in [5, 5.41) is 61.9. The third kappa shape index (κ3) is 7.96. The van der Waals surface area contributed by atoms with E-state index in [0.29, 0.717) is 24.0 Å². The summed E-state index contributed by atoms with van der Waals surface area (Å²) in [5.74, 6) is -1.80. The first kappa shape index (κ1) is 30.7. The van der Waals surface area contributed by atoms with Crippen molar-refractivity contribution in [1.82, 2.24) is 0 Å². The summed E-state index contributed by atoms with van der Waals surface area (Å²) in [6, 6.07) is 20.5. The van der Waals surface area contributed by atoms with Gasteiger partial charge in [-0.2, -0.15) is 0 Å². The number of ketones is 1. The number of phenolic OH excluding ortho intramolecular Hbond substituents is 5. The highest BCUT2D eigenvalue weighted by Crippen LogP contribution is 2.45. The fraction of sp³-hybridized carbons (Fsp3) is 0.171. The van der Waals surface area contributed by atoms with Gasteiger partial charge in [0.05, 0.1) is 13.2 Å².